The van der Waals surface area contributed by atoms with Crippen LogP contribution >= 0.6 is 12.6 Å². The number of hydrogen-bond donors (Lipinski definition) is 1. The molecule has 0 bridgehead atoms. The van der Waals surface area contributed by atoms with Crippen molar-refractivity contribution in [2.45, 2.75) is 45.6 Å². The molecule has 0 aliphatic heterocycles. The summed E-state index contributed by atoms with van der Waals surface area (Å²) in [5.41, 5.74) is 3.21. The summed E-state index contributed by atoms with van der Waals surface area (Å²) in [4.78, 5) is 2.48. The Kier molecular flexibility index (Phi) is 5.35. The van der Waals surface area contributed by atoms with Gasteiger partial charge in [-0.1, -0.05) is 49.1 Å². The molecule has 19 heavy (non-hydrogen) atoms. The largest absolute Gasteiger partial charge is 0.302 e. The second-order valence-corrected chi connectivity index (χ2v) is 6.69. The maximum Gasteiger partial charge on any atom is 0.0230 e. The zero-order valence-corrected chi connectivity index (χ0v) is 13.3. The maximum atomic E-state index is 4.64. The Morgan fingerprint density at radius 2 is 1.74 bits per heavy atom. The first-order valence-electron chi connectivity index (χ1n) is 7.49. The highest BCUT2D eigenvalue weighted by atomic mass is 32.1. The molecule has 2 heteroatoms. The molecule has 1 aromatic rings. The van der Waals surface area contributed by atoms with Crippen LogP contribution in [0.5, 0.6) is 0 Å². The molecule has 2 rings (SSSR count). The number of nitrogens with zero attached hydrogens (tertiary/aromatic N) is 1. The Bertz CT molecular complexity index is 379. The number of aryl methyl sites for hydroxylation is 1. The third-order valence-electron chi connectivity index (χ3n) is 4.43. The fourth-order valence-electron chi connectivity index (χ4n) is 3.30. The first kappa shape index (κ1) is 14.9. The number of benzene rings is 1. The normalized spacial score (nSPS) is 18.7. The van der Waals surface area contributed by atoms with Crippen molar-refractivity contribution < 1.29 is 0 Å². The predicted molar refractivity (Wildman–Crippen MR) is 86.9 cm³/mol. The van der Waals surface area contributed by atoms with Gasteiger partial charge in [-0.3, -0.25) is 0 Å². The van der Waals surface area contributed by atoms with Crippen LogP contribution in [0.4, 0.5) is 0 Å². The number of thiol groups is 1. The number of rotatable bonds is 5. The van der Waals surface area contributed by atoms with Crippen LogP contribution in [-0.4, -0.2) is 24.2 Å². The molecule has 1 saturated carbocycles. The third-order valence-corrected chi connectivity index (χ3v) is 5.10. The van der Waals surface area contributed by atoms with E-state index in [1.165, 1.54) is 49.8 Å². The Balaban J connectivity index is 1.92. The van der Waals surface area contributed by atoms with E-state index in [4.69, 9.17) is 0 Å². The minimum atomic E-state index is 0.459. The van der Waals surface area contributed by atoms with Crippen LogP contribution in [0, 0.1) is 12.3 Å². The van der Waals surface area contributed by atoms with Crippen LogP contribution in [0.2, 0.25) is 0 Å². The van der Waals surface area contributed by atoms with Gasteiger partial charge >= 0.3 is 0 Å². The van der Waals surface area contributed by atoms with Gasteiger partial charge in [0, 0.05) is 13.1 Å². The molecule has 1 aromatic carbocycles. The second kappa shape index (κ2) is 6.81. The summed E-state index contributed by atoms with van der Waals surface area (Å²) in [6.45, 7) is 4.38. The quantitative estimate of drug-likeness (QED) is 0.785. The van der Waals surface area contributed by atoms with Crippen molar-refractivity contribution in [3.05, 3.63) is 35.4 Å². The molecule has 1 aliphatic carbocycles. The second-order valence-electron chi connectivity index (χ2n) is 6.38. The Labute approximate surface area is 123 Å². The van der Waals surface area contributed by atoms with Crippen molar-refractivity contribution in [1.29, 1.82) is 0 Å². The van der Waals surface area contributed by atoms with E-state index in [1.54, 1.807) is 0 Å². The predicted octanol–water partition coefficient (Wildman–Crippen LogP) is 4.31. The monoisotopic (exact) mass is 277 g/mol. The third kappa shape index (κ3) is 4.25. The van der Waals surface area contributed by atoms with Gasteiger partial charge in [-0.15, -0.1) is 0 Å². The van der Waals surface area contributed by atoms with Gasteiger partial charge in [0.15, 0.2) is 0 Å². The van der Waals surface area contributed by atoms with Crippen molar-refractivity contribution in [3.8, 4) is 0 Å². The fourth-order valence-corrected chi connectivity index (χ4v) is 3.72. The molecule has 0 aromatic heterocycles. The number of hydrogen-bond acceptors (Lipinski definition) is 2. The summed E-state index contributed by atoms with van der Waals surface area (Å²) in [6.07, 6.45) is 6.90. The Morgan fingerprint density at radius 3 is 2.32 bits per heavy atom. The van der Waals surface area contributed by atoms with E-state index < -0.39 is 0 Å². The molecule has 1 nitrogen and oxygen atoms in total. The summed E-state index contributed by atoms with van der Waals surface area (Å²) in [5.74, 6) is 1.03. The van der Waals surface area contributed by atoms with E-state index in [0.29, 0.717) is 5.41 Å². The molecule has 0 atom stereocenters. The summed E-state index contributed by atoms with van der Waals surface area (Å²) >= 11 is 4.64. The van der Waals surface area contributed by atoms with E-state index in [-0.39, 0.29) is 0 Å². The van der Waals surface area contributed by atoms with Crippen LogP contribution in [-0.2, 0) is 6.54 Å². The van der Waals surface area contributed by atoms with Crippen LogP contribution < -0.4 is 0 Å². The fraction of sp³-hybridized carbons (Fsp3) is 0.647. The molecule has 0 N–H and O–H groups in total. The van der Waals surface area contributed by atoms with Gasteiger partial charge in [-0.2, -0.15) is 12.6 Å². The van der Waals surface area contributed by atoms with Gasteiger partial charge in [0.25, 0.3) is 0 Å². The average molecular weight is 277 g/mol. The molecule has 0 amide bonds. The Morgan fingerprint density at radius 1 is 1.11 bits per heavy atom. The highest BCUT2D eigenvalue weighted by Gasteiger charge is 2.31. The summed E-state index contributed by atoms with van der Waals surface area (Å²) in [7, 11) is 2.25. The zero-order valence-electron chi connectivity index (χ0n) is 12.4. The molecular formula is C17H27NS. The molecule has 0 unspecified atom stereocenters. The molecule has 0 spiro atoms. The van der Waals surface area contributed by atoms with Gasteiger partial charge in [-0.25, -0.2) is 0 Å². The van der Waals surface area contributed by atoms with Crippen LogP contribution in [0.15, 0.2) is 24.3 Å². The lowest BCUT2D eigenvalue weighted by molar-refractivity contribution is 0.140. The summed E-state index contributed by atoms with van der Waals surface area (Å²) in [6, 6.07) is 8.91. The molecule has 0 saturated heterocycles. The summed E-state index contributed by atoms with van der Waals surface area (Å²) < 4.78 is 0. The lowest BCUT2D eigenvalue weighted by Gasteiger charge is -2.39. The van der Waals surface area contributed by atoms with E-state index in [2.05, 4.69) is 55.8 Å². The van der Waals surface area contributed by atoms with Gasteiger partial charge in [0.1, 0.15) is 0 Å². The first-order chi connectivity index (χ1) is 9.13. The van der Waals surface area contributed by atoms with E-state index in [9.17, 15) is 0 Å². The SMILES string of the molecule is Cc1ccc(CN(C)CC2(CS)CCCCC2)cc1. The molecule has 106 valence electrons. The van der Waals surface area contributed by atoms with Gasteiger partial charge < -0.3 is 4.90 Å². The lowest BCUT2D eigenvalue weighted by atomic mass is 9.75. The molecule has 0 radical (unpaired) electrons. The van der Waals surface area contributed by atoms with Crippen LogP contribution in [0.1, 0.15) is 43.2 Å². The topological polar surface area (TPSA) is 3.24 Å². The lowest BCUT2D eigenvalue weighted by Crippen LogP contribution is -2.38. The molecule has 1 fully saturated rings. The highest BCUT2D eigenvalue weighted by Crippen LogP contribution is 2.38. The van der Waals surface area contributed by atoms with Crippen molar-refractivity contribution in [2.75, 3.05) is 19.3 Å². The van der Waals surface area contributed by atoms with Crippen LogP contribution in [0.25, 0.3) is 0 Å². The van der Waals surface area contributed by atoms with Crippen LogP contribution in [0.3, 0.4) is 0 Å². The minimum absolute atomic E-state index is 0.459. The maximum absolute atomic E-state index is 4.64. The molecule has 0 heterocycles. The van der Waals surface area contributed by atoms with E-state index in [0.717, 1.165) is 12.3 Å². The Hall–Kier alpha value is -0.470. The van der Waals surface area contributed by atoms with E-state index in [1.807, 2.05) is 0 Å². The molecular weight excluding hydrogens is 250 g/mol. The standard InChI is InChI=1S/C17H27NS/c1-15-6-8-16(9-7-15)12-18(2)13-17(14-19)10-4-3-5-11-17/h6-9,19H,3-5,10-14H2,1-2H3. The molecule has 1 aliphatic rings. The highest BCUT2D eigenvalue weighted by molar-refractivity contribution is 7.80. The van der Waals surface area contributed by atoms with Crippen molar-refractivity contribution >= 4 is 12.6 Å². The van der Waals surface area contributed by atoms with Crippen molar-refractivity contribution in [1.82, 2.24) is 4.90 Å². The zero-order chi connectivity index (χ0) is 13.7. The smallest absolute Gasteiger partial charge is 0.0230 e. The van der Waals surface area contributed by atoms with Gasteiger partial charge in [0.2, 0.25) is 0 Å². The van der Waals surface area contributed by atoms with Crippen molar-refractivity contribution in [2.24, 2.45) is 5.41 Å². The van der Waals surface area contributed by atoms with Gasteiger partial charge in [0.05, 0.1) is 0 Å². The first-order valence-corrected chi connectivity index (χ1v) is 8.12. The van der Waals surface area contributed by atoms with Gasteiger partial charge in [-0.05, 0) is 43.5 Å². The van der Waals surface area contributed by atoms with E-state index >= 15 is 0 Å². The van der Waals surface area contributed by atoms with Crippen molar-refractivity contribution in [3.63, 3.8) is 0 Å². The summed E-state index contributed by atoms with van der Waals surface area (Å²) in [5, 5.41) is 0. The minimum Gasteiger partial charge on any atom is -0.302 e. The average Bonchev–Trinajstić information content (AvgIpc) is 2.42.